The van der Waals surface area contributed by atoms with Gasteiger partial charge in [-0.25, -0.2) is 4.79 Å². The summed E-state index contributed by atoms with van der Waals surface area (Å²) in [5, 5.41) is 0. The van der Waals surface area contributed by atoms with Crippen molar-refractivity contribution >= 4 is 5.97 Å². The molecule has 0 fully saturated rings. The molecule has 5 rings (SSSR count). The van der Waals surface area contributed by atoms with E-state index >= 15 is 0 Å². The first-order chi connectivity index (χ1) is 16.9. The number of aromatic nitrogens is 1. The largest absolute Gasteiger partial charge is 0.423 e. The molecule has 0 radical (unpaired) electrons. The molecule has 2 heterocycles. The van der Waals surface area contributed by atoms with Gasteiger partial charge in [-0.05, 0) is 71.1 Å². The molecule has 1 aliphatic rings. The van der Waals surface area contributed by atoms with E-state index in [1.165, 1.54) is 17.7 Å². The minimum Gasteiger partial charge on any atom is -0.423 e. The fraction of sp³-hybridized carbons (Fsp3) is 0.179. The molecule has 0 bridgehead atoms. The SMILES string of the molecule is O=C(Oc1ccc2c(c1)CCN(Cn1cccc1)C2)c1ccccc1-c1ccc(C(F)(F)F)cc1. The number of halogens is 3. The van der Waals surface area contributed by atoms with E-state index in [4.69, 9.17) is 4.74 Å². The first kappa shape index (κ1) is 22.9. The summed E-state index contributed by atoms with van der Waals surface area (Å²) >= 11 is 0. The molecule has 0 saturated carbocycles. The van der Waals surface area contributed by atoms with Gasteiger partial charge in [0.25, 0.3) is 0 Å². The second-order valence-corrected chi connectivity index (χ2v) is 8.58. The van der Waals surface area contributed by atoms with Gasteiger partial charge in [-0.1, -0.05) is 36.4 Å². The lowest BCUT2D eigenvalue weighted by molar-refractivity contribution is -0.137. The number of carbonyl (C=O) groups is 1. The Morgan fingerprint density at radius 2 is 1.63 bits per heavy atom. The number of ether oxygens (including phenoxy) is 1. The molecule has 0 atom stereocenters. The van der Waals surface area contributed by atoms with Crippen molar-refractivity contribution in [2.45, 2.75) is 25.8 Å². The van der Waals surface area contributed by atoms with Crippen molar-refractivity contribution in [3.05, 3.63) is 114 Å². The van der Waals surface area contributed by atoms with Crippen LogP contribution in [0.3, 0.4) is 0 Å². The Morgan fingerprint density at radius 3 is 2.37 bits per heavy atom. The molecule has 178 valence electrons. The van der Waals surface area contributed by atoms with Gasteiger partial charge in [0, 0.05) is 25.5 Å². The summed E-state index contributed by atoms with van der Waals surface area (Å²) in [6, 6.07) is 21.2. The number of rotatable bonds is 5. The highest BCUT2D eigenvalue weighted by Crippen LogP contribution is 2.32. The van der Waals surface area contributed by atoms with Crippen LogP contribution < -0.4 is 4.74 Å². The lowest BCUT2D eigenvalue weighted by atomic mass is 9.98. The van der Waals surface area contributed by atoms with E-state index in [0.717, 1.165) is 43.9 Å². The zero-order valence-corrected chi connectivity index (χ0v) is 18.8. The summed E-state index contributed by atoms with van der Waals surface area (Å²) < 4.78 is 46.6. The van der Waals surface area contributed by atoms with Crippen LogP contribution in [0.25, 0.3) is 11.1 Å². The van der Waals surface area contributed by atoms with Crippen molar-refractivity contribution in [1.82, 2.24) is 9.47 Å². The number of nitrogens with zero attached hydrogens (tertiary/aromatic N) is 2. The minimum atomic E-state index is -4.41. The Hall–Kier alpha value is -3.84. The first-order valence-corrected chi connectivity index (χ1v) is 11.3. The third-order valence-electron chi connectivity index (χ3n) is 6.18. The molecular weight excluding hydrogens is 453 g/mol. The summed E-state index contributed by atoms with van der Waals surface area (Å²) in [5.41, 5.74) is 2.94. The monoisotopic (exact) mass is 476 g/mol. The normalized spacial score (nSPS) is 13.9. The molecule has 0 amide bonds. The molecule has 4 nitrogen and oxygen atoms in total. The smallest absolute Gasteiger partial charge is 0.416 e. The van der Waals surface area contributed by atoms with E-state index in [0.29, 0.717) is 22.4 Å². The Morgan fingerprint density at radius 1 is 0.886 bits per heavy atom. The van der Waals surface area contributed by atoms with Crippen LogP contribution in [0.5, 0.6) is 5.75 Å². The topological polar surface area (TPSA) is 34.5 Å². The van der Waals surface area contributed by atoms with Gasteiger partial charge in [0.15, 0.2) is 0 Å². The Bertz CT molecular complexity index is 1330. The number of carbonyl (C=O) groups excluding carboxylic acids is 1. The zero-order chi connectivity index (χ0) is 24.4. The molecule has 0 saturated heterocycles. The maximum Gasteiger partial charge on any atom is 0.416 e. The van der Waals surface area contributed by atoms with Crippen LogP contribution in [0.1, 0.15) is 27.0 Å². The molecule has 0 N–H and O–H groups in total. The molecule has 0 aliphatic carbocycles. The quantitative estimate of drug-likeness (QED) is 0.247. The van der Waals surface area contributed by atoms with Crippen molar-refractivity contribution in [3.8, 4) is 16.9 Å². The van der Waals surface area contributed by atoms with E-state index < -0.39 is 17.7 Å². The maximum absolute atomic E-state index is 13.0. The van der Waals surface area contributed by atoms with Gasteiger partial charge >= 0.3 is 12.1 Å². The van der Waals surface area contributed by atoms with Crippen molar-refractivity contribution in [1.29, 1.82) is 0 Å². The standard InChI is InChI=1S/C28H23F3N2O2/c29-28(30,31)23-10-7-20(8-11-23)25-5-1-2-6-26(25)27(34)35-24-12-9-22-18-33(16-13-21(22)17-24)19-32-14-3-4-15-32/h1-12,14-15,17H,13,16,18-19H2. The predicted molar refractivity (Wildman–Crippen MR) is 127 cm³/mol. The summed E-state index contributed by atoms with van der Waals surface area (Å²) in [6.07, 6.45) is 0.522. The number of fused-ring (bicyclic) bond motifs is 1. The van der Waals surface area contributed by atoms with Crippen molar-refractivity contribution < 1.29 is 22.7 Å². The highest BCUT2D eigenvalue weighted by molar-refractivity contribution is 5.98. The van der Waals surface area contributed by atoms with Crippen molar-refractivity contribution in [2.24, 2.45) is 0 Å². The van der Waals surface area contributed by atoms with Gasteiger partial charge in [-0.2, -0.15) is 13.2 Å². The second kappa shape index (κ2) is 9.43. The summed E-state index contributed by atoms with van der Waals surface area (Å²) in [5.74, 6) is -0.0969. The van der Waals surface area contributed by atoms with E-state index in [1.54, 1.807) is 30.3 Å². The van der Waals surface area contributed by atoms with Crippen LogP contribution >= 0.6 is 0 Å². The third kappa shape index (κ3) is 5.15. The molecule has 1 aromatic heterocycles. The van der Waals surface area contributed by atoms with Gasteiger partial charge in [-0.3, -0.25) is 4.90 Å². The number of hydrogen-bond acceptors (Lipinski definition) is 3. The van der Waals surface area contributed by atoms with Gasteiger partial charge in [-0.15, -0.1) is 0 Å². The van der Waals surface area contributed by atoms with E-state index in [9.17, 15) is 18.0 Å². The molecule has 1 aliphatic heterocycles. The van der Waals surface area contributed by atoms with Gasteiger partial charge in [0.2, 0.25) is 0 Å². The molecule has 4 aromatic rings. The van der Waals surface area contributed by atoms with Crippen LogP contribution in [-0.4, -0.2) is 22.0 Å². The highest BCUT2D eigenvalue weighted by Gasteiger charge is 2.30. The molecule has 0 spiro atoms. The average molecular weight is 476 g/mol. The lowest BCUT2D eigenvalue weighted by Crippen LogP contribution is -2.32. The molecule has 0 unspecified atom stereocenters. The first-order valence-electron chi connectivity index (χ1n) is 11.3. The van der Waals surface area contributed by atoms with Crippen molar-refractivity contribution in [3.63, 3.8) is 0 Å². The van der Waals surface area contributed by atoms with E-state index in [-0.39, 0.29) is 0 Å². The van der Waals surface area contributed by atoms with Crippen LogP contribution in [0.2, 0.25) is 0 Å². The van der Waals surface area contributed by atoms with Crippen LogP contribution in [0.15, 0.2) is 91.3 Å². The van der Waals surface area contributed by atoms with E-state index in [2.05, 4.69) is 9.47 Å². The van der Waals surface area contributed by atoms with Gasteiger partial charge < -0.3 is 9.30 Å². The summed E-state index contributed by atoms with van der Waals surface area (Å²) in [6.45, 7) is 2.54. The molecule has 3 aromatic carbocycles. The maximum atomic E-state index is 13.0. The van der Waals surface area contributed by atoms with Crippen LogP contribution in [-0.2, 0) is 25.8 Å². The van der Waals surface area contributed by atoms with Gasteiger partial charge in [0.05, 0.1) is 17.8 Å². The zero-order valence-electron chi connectivity index (χ0n) is 18.8. The van der Waals surface area contributed by atoms with Crippen molar-refractivity contribution in [2.75, 3.05) is 6.54 Å². The Kier molecular flexibility index (Phi) is 6.17. The predicted octanol–water partition coefficient (Wildman–Crippen LogP) is 6.41. The Labute approximate surface area is 201 Å². The van der Waals surface area contributed by atoms with E-state index in [1.807, 2.05) is 36.7 Å². The summed E-state index contributed by atoms with van der Waals surface area (Å²) in [4.78, 5) is 15.4. The average Bonchev–Trinajstić information content (AvgIpc) is 3.37. The molecular formula is C28H23F3N2O2. The number of alkyl halides is 3. The Balaban J connectivity index is 1.31. The third-order valence-corrected chi connectivity index (χ3v) is 6.18. The second-order valence-electron chi connectivity index (χ2n) is 8.58. The van der Waals surface area contributed by atoms with Gasteiger partial charge in [0.1, 0.15) is 5.75 Å². The number of benzene rings is 3. The van der Waals surface area contributed by atoms with Crippen LogP contribution in [0, 0.1) is 0 Å². The minimum absolute atomic E-state index is 0.294. The fourth-order valence-corrected chi connectivity index (χ4v) is 4.38. The van der Waals surface area contributed by atoms with Crippen LogP contribution in [0.4, 0.5) is 13.2 Å². The molecule has 35 heavy (non-hydrogen) atoms. The fourth-order valence-electron chi connectivity index (χ4n) is 4.38. The lowest BCUT2D eigenvalue weighted by Gasteiger charge is -2.29. The summed E-state index contributed by atoms with van der Waals surface area (Å²) in [7, 11) is 0. The number of esters is 1. The highest BCUT2D eigenvalue weighted by atomic mass is 19.4. The molecule has 7 heteroatoms. The number of hydrogen-bond donors (Lipinski definition) is 0.